The van der Waals surface area contributed by atoms with Gasteiger partial charge in [0.15, 0.2) is 5.78 Å². The van der Waals surface area contributed by atoms with Crippen LogP contribution in [0.4, 0.5) is 5.69 Å². The van der Waals surface area contributed by atoms with Gasteiger partial charge < -0.3 is 19.7 Å². The van der Waals surface area contributed by atoms with Crippen LogP contribution < -0.4 is 19.7 Å². The third-order valence-corrected chi connectivity index (χ3v) is 4.47. The van der Waals surface area contributed by atoms with Gasteiger partial charge in [0, 0.05) is 49.1 Å². The van der Waals surface area contributed by atoms with Gasteiger partial charge in [0.1, 0.15) is 11.5 Å². The molecule has 0 saturated carbocycles. The van der Waals surface area contributed by atoms with Crippen LogP contribution in [0.1, 0.15) is 15.9 Å². The Balaban J connectivity index is 1.76. The lowest BCUT2D eigenvalue weighted by Gasteiger charge is -2.29. The molecule has 1 aliphatic rings. The van der Waals surface area contributed by atoms with Crippen molar-refractivity contribution < 1.29 is 14.3 Å². The molecule has 136 valence electrons. The average molecular weight is 352 g/mol. The van der Waals surface area contributed by atoms with Gasteiger partial charge in [0.05, 0.1) is 14.2 Å². The number of piperazine rings is 1. The van der Waals surface area contributed by atoms with E-state index in [0.29, 0.717) is 17.1 Å². The maximum absolute atomic E-state index is 12.6. The van der Waals surface area contributed by atoms with E-state index in [4.69, 9.17) is 9.47 Å². The Kier molecular flexibility index (Phi) is 5.92. The number of methoxy groups -OCH3 is 2. The summed E-state index contributed by atoms with van der Waals surface area (Å²) in [6, 6.07) is 13.3. The van der Waals surface area contributed by atoms with E-state index in [1.54, 1.807) is 32.4 Å². The number of carbonyl (C=O) groups excluding carboxylic acids is 1. The van der Waals surface area contributed by atoms with Crippen molar-refractivity contribution in [3.05, 3.63) is 59.7 Å². The lowest BCUT2D eigenvalue weighted by atomic mass is 10.1. The SMILES string of the molecule is COc1ccc(/C=C/C(=O)c2cccc(N3CCNCC3)c2)c(OC)c1. The number of nitrogens with zero attached hydrogens (tertiary/aromatic N) is 1. The molecule has 0 aromatic heterocycles. The van der Waals surface area contributed by atoms with E-state index in [1.807, 2.05) is 30.3 Å². The monoisotopic (exact) mass is 352 g/mol. The van der Waals surface area contributed by atoms with Crippen LogP contribution in [-0.2, 0) is 0 Å². The second-order valence-electron chi connectivity index (χ2n) is 6.09. The number of ketones is 1. The Morgan fingerprint density at radius 1 is 1.08 bits per heavy atom. The summed E-state index contributed by atoms with van der Waals surface area (Å²) in [5, 5.41) is 3.34. The standard InChI is InChI=1S/C21H24N2O3/c1-25-19-8-6-16(21(15-19)26-2)7-9-20(24)17-4-3-5-18(14-17)23-12-10-22-11-13-23/h3-9,14-15,22H,10-13H2,1-2H3/b9-7+. The third kappa shape index (κ3) is 4.24. The van der Waals surface area contributed by atoms with Crippen molar-refractivity contribution in [1.82, 2.24) is 5.32 Å². The minimum absolute atomic E-state index is 0.0279. The Labute approximate surface area is 154 Å². The predicted molar refractivity (Wildman–Crippen MR) is 104 cm³/mol. The lowest BCUT2D eigenvalue weighted by molar-refractivity contribution is 0.104. The van der Waals surface area contributed by atoms with Crippen molar-refractivity contribution in [2.45, 2.75) is 0 Å². The molecule has 2 aromatic carbocycles. The molecule has 0 unspecified atom stereocenters. The Hall–Kier alpha value is -2.79. The average Bonchev–Trinajstić information content (AvgIpc) is 2.72. The molecule has 0 amide bonds. The van der Waals surface area contributed by atoms with Gasteiger partial charge in [-0.15, -0.1) is 0 Å². The molecule has 26 heavy (non-hydrogen) atoms. The van der Waals surface area contributed by atoms with E-state index >= 15 is 0 Å². The fourth-order valence-corrected chi connectivity index (χ4v) is 3.00. The summed E-state index contributed by atoms with van der Waals surface area (Å²) in [4.78, 5) is 14.9. The normalized spacial score (nSPS) is 14.5. The van der Waals surface area contributed by atoms with E-state index in [-0.39, 0.29) is 5.78 Å². The number of rotatable bonds is 6. The van der Waals surface area contributed by atoms with Crippen LogP contribution in [0.25, 0.3) is 6.08 Å². The van der Waals surface area contributed by atoms with E-state index < -0.39 is 0 Å². The van der Waals surface area contributed by atoms with Gasteiger partial charge in [-0.1, -0.05) is 12.1 Å². The number of carbonyl (C=O) groups is 1. The van der Waals surface area contributed by atoms with Crippen LogP contribution in [0.3, 0.4) is 0 Å². The minimum atomic E-state index is -0.0279. The van der Waals surface area contributed by atoms with Crippen molar-refractivity contribution in [3.63, 3.8) is 0 Å². The first-order chi connectivity index (χ1) is 12.7. The first-order valence-electron chi connectivity index (χ1n) is 8.71. The van der Waals surface area contributed by atoms with E-state index in [9.17, 15) is 4.79 Å². The van der Waals surface area contributed by atoms with Gasteiger partial charge in [0.25, 0.3) is 0 Å². The van der Waals surface area contributed by atoms with E-state index in [1.165, 1.54) is 0 Å². The minimum Gasteiger partial charge on any atom is -0.497 e. The molecule has 1 heterocycles. The molecule has 0 aliphatic carbocycles. The highest BCUT2D eigenvalue weighted by Gasteiger charge is 2.12. The first kappa shape index (κ1) is 18.0. The zero-order valence-corrected chi connectivity index (χ0v) is 15.2. The number of benzene rings is 2. The molecule has 1 aliphatic heterocycles. The molecular weight excluding hydrogens is 328 g/mol. The second-order valence-corrected chi connectivity index (χ2v) is 6.09. The molecule has 0 radical (unpaired) electrons. The molecule has 0 atom stereocenters. The number of allylic oxidation sites excluding steroid dienone is 1. The number of hydrogen-bond donors (Lipinski definition) is 1. The highest BCUT2D eigenvalue weighted by atomic mass is 16.5. The van der Waals surface area contributed by atoms with E-state index in [2.05, 4.69) is 16.3 Å². The van der Waals surface area contributed by atoms with Crippen LogP contribution in [0.2, 0.25) is 0 Å². The van der Waals surface area contributed by atoms with Gasteiger partial charge >= 0.3 is 0 Å². The van der Waals surface area contributed by atoms with Crippen LogP contribution in [0.5, 0.6) is 11.5 Å². The van der Waals surface area contributed by atoms with Crippen LogP contribution >= 0.6 is 0 Å². The number of anilines is 1. The molecule has 5 nitrogen and oxygen atoms in total. The summed E-state index contributed by atoms with van der Waals surface area (Å²) in [5.41, 5.74) is 2.61. The summed E-state index contributed by atoms with van der Waals surface area (Å²) >= 11 is 0. The third-order valence-electron chi connectivity index (χ3n) is 4.47. The van der Waals surface area contributed by atoms with Crippen molar-refractivity contribution >= 4 is 17.5 Å². The fraction of sp³-hybridized carbons (Fsp3) is 0.286. The molecule has 0 bridgehead atoms. The molecular formula is C21H24N2O3. The number of nitrogens with one attached hydrogen (secondary N) is 1. The lowest BCUT2D eigenvalue weighted by Crippen LogP contribution is -2.43. The maximum Gasteiger partial charge on any atom is 0.185 e. The Bertz CT molecular complexity index is 796. The van der Waals surface area contributed by atoms with Gasteiger partial charge in [0.2, 0.25) is 0 Å². The highest BCUT2D eigenvalue weighted by Crippen LogP contribution is 2.26. The largest absolute Gasteiger partial charge is 0.497 e. The van der Waals surface area contributed by atoms with E-state index in [0.717, 1.165) is 37.4 Å². The van der Waals surface area contributed by atoms with Crippen molar-refractivity contribution in [3.8, 4) is 11.5 Å². The molecule has 1 saturated heterocycles. The van der Waals surface area contributed by atoms with Gasteiger partial charge in [-0.25, -0.2) is 0 Å². The summed E-state index contributed by atoms with van der Waals surface area (Å²) in [6.07, 6.45) is 3.36. The Morgan fingerprint density at radius 2 is 1.88 bits per heavy atom. The molecule has 1 N–H and O–H groups in total. The zero-order chi connectivity index (χ0) is 18.4. The van der Waals surface area contributed by atoms with Gasteiger partial charge in [-0.05, 0) is 36.4 Å². The molecule has 0 spiro atoms. The summed E-state index contributed by atoms with van der Waals surface area (Å²) in [7, 11) is 3.21. The zero-order valence-electron chi connectivity index (χ0n) is 15.2. The van der Waals surface area contributed by atoms with Crippen molar-refractivity contribution in [2.24, 2.45) is 0 Å². The van der Waals surface area contributed by atoms with Crippen molar-refractivity contribution in [2.75, 3.05) is 45.3 Å². The summed E-state index contributed by atoms with van der Waals surface area (Å²) in [6.45, 7) is 3.84. The Morgan fingerprint density at radius 3 is 2.62 bits per heavy atom. The smallest absolute Gasteiger partial charge is 0.185 e. The number of hydrogen-bond acceptors (Lipinski definition) is 5. The van der Waals surface area contributed by atoms with Crippen LogP contribution in [-0.4, -0.2) is 46.2 Å². The van der Waals surface area contributed by atoms with Gasteiger partial charge in [-0.2, -0.15) is 0 Å². The van der Waals surface area contributed by atoms with Gasteiger partial charge in [-0.3, -0.25) is 4.79 Å². The molecule has 2 aromatic rings. The fourth-order valence-electron chi connectivity index (χ4n) is 3.00. The predicted octanol–water partition coefficient (Wildman–Crippen LogP) is 3.01. The molecule has 1 fully saturated rings. The second kappa shape index (κ2) is 8.54. The topological polar surface area (TPSA) is 50.8 Å². The van der Waals surface area contributed by atoms with Crippen LogP contribution in [0, 0.1) is 0 Å². The molecule has 5 heteroatoms. The molecule has 3 rings (SSSR count). The highest BCUT2D eigenvalue weighted by molar-refractivity contribution is 6.07. The maximum atomic E-state index is 12.6. The quantitative estimate of drug-likeness (QED) is 0.640. The summed E-state index contributed by atoms with van der Waals surface area (Å²) < 4.78 is 10.6. The summed E-state index contributed by atoms with van der Waals surface area (Å²) in [5.74, 6) is 1.36. The van der Waals surface area contributed by atoms with Crippen molar-refractivity contribution in [1.29, 1.82) is 0 Å². The number of ether oxygens (including phenoxy) is 2. The van der Waals surface area contributed by atoms with Crippen LogP contribution in [0.15, 0.2) is 48.5 Å². The first-order valence-corrected chi connectivity index (χ1v) is 8.71.